The molecule has 150 valence electrons. The number of benzene rings is 2. The highest BCUT2D eigenvalue weighted by Crippen LogP contribution is 2.32. The third-order valence-electron chi connectivity index (χ3n) is 4.99. The van der Waals surface area contributed by atoms with Crippen LogP contribution in [0.25, 0.3) is 16.6 Å². The number of aromatic nitrogens is 8. The van der Waals surface area contributed by atoms with Crippen molar-refractivity contribution in [3.05, 3.63) is 72.1 Å². The molecule has 0 amide bonds. The molecule has 0 aliphatic rings. The van der Waals surface area contributed by atoms with Gasteiger partial charge in [0.2, 0.25) is 0 Å². The Bertz CT molecular complexity index is 1310. The highest BCUT2D eigenvalue weighted by atomic mass is 15.6. The van der Waals surface area contributed by atoms with E-state index >= 15 is 0 Å². The van der Waals surface area contributed by atoms with Crippen LogP contribution >= 0.6 is 0 Å². The van der Waals surface area contributed by atoms with Gasteiger partial charge in [0.05, 0.1) is 11.1 Å². The van der Waals surface area contributed by atoms with Gasteiger partial charge in [0.15, 0.2) is 11.5 Å². The summed E-state index contributed by atoms with van der Waals surface area (Å²) in [6, 6.07) is 19.7. The molecule has 3 heterocycles. The highest BCUT2D eigenvalue weighted by Gasteiger charge is 2.29. The molecule has 2 aromatic carbocycles. The molecular weight excluding hydrogens is 378 g/mol. The summed E-state index contributed by atoms with van der Waals surface area (Å²) in [7, 11) is 0. The van der Waals surface area contributed by atoms with Crippen molar-refractivity contribution in [2.75, 3.05) is 5.32 Å². The number of hydrogen-bond acceptors (Lipinski definition) is 7. The number of tetrazole rings is 2. The van der Waals surface area contributed by atoms with Crippen molar-refractivity contribution in [1.82, 2.24) is 40.2 Å². The monoisotopic (exact) mass is 399 g/mol. The van der Waals surface area contributed by atoms with Gasteiger partial charge in [-0.3, -0.25) is 0 Å². The Morgan fingerprint density at radius 2 is 1.60 bits per heavy atom. The SMILES string of the molecule is CC(C)(C)n1nnnc1[C@@H](Nc1ccccc1)c1cc2ccccc2n2nnnc12. The fraction of sp³-hybridized carbons (Fsp3) is 0.238. The molecule has 9 nitrogen and oxygen atoms in total. The molecule has 30 heavy (non-hydrogen) atoms. The van der Waals surface area contributed by atoms with Gasteiger partial charge >= 0.3 is 0 Å². The van der Waals surface area contributed by atoms with E-state index in [1.165, 1.54) is 0 Å². The lowest BCUT2D eigenvalue weighted by Gasteiger charge is -2.25. The van der Waals surface area contributed by atoms with Crippen LogP contribution in [0.5, 0.6) is 0 Å². The van der Waals surface area contributed by atoms with Gasteiger partial charge in [-0.25, -0.2) is 4.68 Å². The number of hydrogen-bond donors (Lipinski definition) is 1. The van der Waals surface area contributed by atoms with Crippen molar-refractivity contribution < 1.29 is 0 Å². The number of para-hydroxylation sites is 2. The van der Waals surface area contributed by atoms with Gasteiger partial charge in [-0.15, -0.1) is 10.2 Å². The smallest absolute Gasteiger partial charge is 0.185 e. The summed E-state index contributed by atoms with van der Waals surface area (Å²) in [6.45, 7) is 6.21. The van der Waals surface area contributed by atoms with Gasteiger partial charge in [-0.2, -0.15) is 4.52 Å². The summed E-state index contributed by atoms with van der Waals surface area (Å²) in [5.74, 6) is 0.687. The molecule has 5 aromatic rings. The summed E-state index contributed by atoms with van der Waals surface area (Å²) in [4.78, 5) is 0. The number of fused-ring (bicyclic) bond motifs is 3. The number of pyridine rings is 1. The van der Waals surface area contributed by atoms with E-state index in [2.05, 4.69) is 63.2 Å². The average Bonchev–Trinajstić information content (AvgIpc) is 3.42. The normalized spacial score (nSPS) is 13.0. The molecule has 0 fully saturated rings. The van der Waals surface area contributed by atoms with Crippen LogP contribution in [0.15, 0.2) is 60.7 Å². The van der Waals surface area contributed by atoms with Crippen molar-refractivity contribution >= 4 is 22.2 Å². The van der Waals surface area contributed by atoms with Gasteiger partial charge in [0, 0.05) is 16.6 Å². The molecular formula is C21H21N9. The molecule has 3 aromatic heterocycles. The van der Waals surface area contributed by atoms with Gasteiger partial charge in [-0.1, -0.05) is 36.4 Å². The van der Waals surface area contributed by atoms with E-state index in [0.29, 0.717) is 11.5 Å². The van der Waals surface area contributed by atoms with E-state index < -0.39 is 0 Å². The lowest BCUT2D eigenvalue weighted by molar-refractivity contribution is 0.333. The average molecular weight is 399 g/mol. The molecule has 9 heteroatoms. The maximum atomic E-state index is 4.39. The first-order chi connectivity index (χ1) is 14.5. The van der Waals surface area contributed by atoms with Crippen molar-refractivity contribution in [2.45, 2.75) is 32.4 Å². The fourth-order valence-electron chi connectivity index (χ4n) is 3.61. The highest BCUT2D eigenvalue weighted by molar-refractivity contribution is 5.83. The van der Waals surface area contributed by atoms with E-state index in [9.17, 15) is 0 Å². The fourth-order valence-corrected chi connectivity index (χ4v) is 3.61. The Balaban J connectivity index is 1.77. The zero-order valence-electron chi connectivity index (χ0n) is 16.9. The van der Waals surface area contributed by atoms with Crippen molar-refractivity contribution in [3.8, 4) is 0 Å². The summed E-state index contributed by atoms with van der Waals surface area (Å²) >= 11 is 0. The summed E-state index contributed by atoms with van der Waals surface area (Å²) in [5.41, 5.74) is 3.14. The Labute approximate surface area is 172 Å². The molecule has 0 unspecified atom stereocenters. The first-order valence-electron chi connectivity index (χ1n) is 9.72. The quantitative estimate of drug-likeness (QED) is 0.495. The van der Waals surface area contributed by atoms with Gasteiger partial charge in [0.25, 0.3) is 0 Å². The Kier molecular flexibility index (Phi) is 4.16. The van der Waals surface area contributed by atoms with E-state index in [1.807, 2.05) is 59.3 Å². The second kappa shape index (κ2) is 6.87. The van der Waals surface area contributed by atoms with Gasteiger partial charge in [0.1, 0.15) is 6.04 Å². The predicted octanol–water partition coefficient (Wildman–Crippen LogP) is 3.22. The van der Waals surface area contributed by atoms with E-state index in [0.717, 1.165) is 22.2 Å². The van der Waals surface area contributed by atoms with Crippen molar-refractivity contribution in [1.29, 1.82) is 0 Å². The molecule has 1 atom stereocenters. The standard InChI is InChI=1S/C21H21N9/c1-21(2,3)30-20(24-26-28-30)18(22-15-10-5-4-6-11-15)16-13-14-9-7-8-12-17(14)29-19(16)23-25-27-29/h4-13,18,22H,1-3H3/t18-/m0/s1. The maximum Gasteiger partial charge on any atom is 0.185 e. The van der Waals surface area contributed by atoms with Gasteiger partial charge < -0.3 is 5.32 Å². The van der Waals surface area contributed by atoms with Crippen LogP contribution < -0.4 is 5.32 Å². The largest absolute Gasteiger partial charge is 0.371 e. The van der Waals surface area contributed by atoms with Crippen LogP contribution in [0.3, 0.4) is 0 Å². The second-order valence-electron chi connectivity index (χ2n) is 8.14. The maximum absolute atomic E-state index is 4.39. The van der Waals surface area contributed by atoms with Crippen LogP contribution in [-0.4, -0.2) is 40.2 Å². The van der Waals surface area contributed by atoms with E-state index in [4.69, 9.17) is 0 Å². The number of rotatable bonds is 4. The molecule has 0 bridgehead atoms. The van der Waals surface area contributed by atoms with Crippen LogP contribution in [-0.2, 0) is 5.54 Å². The molecule has 0 spiro atoms. The van der Waals surface area contributed by atoms with Crippen LogP contribution in [0.1, 0.15) is 38.2 Å². The lowest BCUT2D eigenvalue weighted by atomic mass is 10.0. The third kappa shape index (κ3) is 3.04. The lowest BCUT2D eigenvalue weighted by Crippen LogP contribution is -2.29. The van der Waals surface area contributed by atoms with Gasteiger partial charge in [-0.05, 0) is 65.9 Å². The van der Waals surface area contributed by atoms with Crippen molar-refractivity contribution in [2.24, 2.45) is 0 Å². The Morgan fingerprint density at radius 1 is 0.867 bits per heavy atom. The second-order valence-corrected chi connectivity index (χ2v) is 8.14. The number of nitrogens with one attached hydrogen (secondary N) is 1. The minimum absolute atomic E-state index is 0.297. The Hall–Kier alpha value is -3.88. The summed E-state index contributed by atoms with van der Waals surface area (Å²) < 4.78 is 3.60. The van der Waals surface area contributed by atoms with Crippen LogP contribution in [0.2, 0.25) is 0 Å². The zero-order valence-corrected chi connectivity index (χ0v) is 16.9. The summed E-state index contributed by atoms with van der Waals surface area (Å²) in [5, 5.41) is 29.7. The van der Waals surface area contributed by atoms with E-state index in [-0.39, 0.29) is 11.6 Å². The third-order valence-corrected chi connectivity index (χ3v) is 4.99. The molecule has 0 aliphatic carbocycles. The summed E-state index contributed by atoms with van der Waals surface area (Å²) in [6.07, 6.45) is 0. The number of nitrogens with zero attached hydrogens (tertiary/aromatic N) is 8. The molecule has 0 saturated heterocycles. The zero-order chi connectivity index (χ0) is 20.7. The molecule has 0 aliphatic heterocycles. The minimum atomic E-state index is -0.361. The van der Waals surface area contributed by atoms with Crippen LogP contribution in [0.4, 0.5) is 5.69 Å². The van der Waals surface area contributed by atoms with E-state index in [1.54, 1.807) is 4.52 Å². The molecule has 1 N–H and O–H groups in total. The first-order valence-corrected chi connectivity index (χ1v) is 9.72. The van der Waals surface area contributed by atoms with Crippen molar-refractivity contribution in [3.63, 3.8) is 0 Å². The van der Waals surface area contributed by atoms with Crippen LogP contribution in [0, 0.1) is 0 Å². The molecule has 0 radical (unpaired) electrons. The minimum Gasteiger partial charge on any atom is -0.371 e. The molecule has 0 saturated carbocycles. The molecule has 5 rings (SSSR count). The predicted molar refractivity (Wildman–Crippen MR) is 113 cm³/mol. The topological polar surface area (TPSA) is 98.7 Å². The number of anilines is 1. The first kappa shape index (κ1) is 18.2. The Morgan fingerprint density at radius 3 is 2.40 bits per heavy atom.